The quantitative estimate of drug-likeness (QED) is 0.862. The zero-order valence-electron chi connectivity index (χ0n) is 13.8. The van der Waals surface area contributed by atoms with E-state index in [1.807, 2.05) is 56.3 Å². The van der Waals surface area contributed by atoms with E-state index in [2.05, 4.69) is 5.32 Å². The lowest BCUT2D eigenvalue weighted by Gasteiger charge is -2.18. The van der Waals surface area contributed by atoms with Gasteiger partial charge in [-0.25, -0.2) is 0 Å². The molecule has 0 saturated carbocycles. The maximum atomic E-state index is 12.0. The van der Waals surface area contributed by atoms with Crippen LogP contribution in [0.25, 0.3) is 0 Å². The van der Waals surface area contributed by atoms with Gasteiger partial charge in [-0.3, -0.25) is 4.79 Å². The molecule has 0 aliphatic heterocycles. The minimum Gasteiger partial charge on any atom is -0.489 e. The Kier molecular flexibility index (Phi) is 5.77. The summed E-state index contributed by atoms with van der Waals surface area (Å²) in [5, 5.41) is 12.2. The first-order valence-corrected chi connectivity index (χ1v) is 7.67. The molecule has 0 saturated heterocycles. The van der Waals surface area contributed by atoms with Gasteiger partial charge in [-0.15, -0.1) is 0 Å². The van der Waals surface area contributed by atoms with E-state index in [-0.39, 0.29) is 12.5 Å². The monoisotopic (exact) mass is 313 g/mol. The molecule has 122 valence electrons. The largest absolute Gasteiger partial charge is 0.489 e. The fraction of sp³-hybridized carbons (Fsp3) is 0.316. The lowest BCUT2D eigenvalue weighted by molar-refractivity contribution is -0.122. The highest BCUT2D eigenvalue weighted by Crippen LogP contribution is 2.24. The number of aliphatic hydroxyl groups excluding tert-OH is 1. The highest BCUT2D eigenvalue weighted by atomic mass is 16.5. The molecule has 2 aromatic rings. The Bertz CT molecular complexity index is 682. The summed E-state index contributed by atoms with van der Waals surface area (Å²) in [4.78, 5) is 12.0. The van der Waals surface area contributed by atoms with Gasteiger partial charge < -0.3 is 15.2 Å². The van der Waals surface area contributed by atoms with Crippen LogP contribution in [0.1, 0.15) is 28.2 Å². The fourth-order valence-electron chi connectivity index (χ4n) is 2.52. The van der Waals surface area contributed by atoms with E-state index in [0.29, 0.717) is 6.61 Å². The van der Waals surface area contributed by atoms with Gasteiger partial charge in [0.2, 0.25) is 5.91 Å². The van der Waals surface area contributed by atoms with Crippen LogP contribution in [0.3, 0.4) is 0 Å². The Morgan fingerprint density at radius 2 is 1.96 bits per heavy atom. The Morgan fingerprint density at radius 3 is 2.65 bits per heavy atom. The molecule has 2 N–H and O–H groups in total. The van der Waals surface area contributed by atoms with Crippen molar-refractivity contribution >= 4 is 5.91 Å². The van der Waals surface area contributed by atoms with E-state index in [0.717, 1.165) is 28.0 Å². The summed E-state index contributed by atoms with van der Waals surface area (Å²) in [6.07, 6.45) is 0. The molecule has 1 amide bonds. The van der Waals surface area contributed by atoms with Gasteiger partial charge in [0.1, 0.15) is 12.4 Å². The van der Waals surface area contributed by atoms with Crippen molar-refractivity contribution in [2.75, 3.05) is 13.7 Å². The van der Waals surface area contributed by atoms with Crippen LogP contribution >= 0.6 is 0 Å². The molecule has 4 heteroatoms. The van der Waals surface area contributed by atoms with E-state index in [9.17, 15) is 9.90 Å². The van der Waals surface area contributed by atoms with Gasteiger partial charge in [-0.2, -0.15) is 0 Å². The van der Waals surface area contributed by atoms with Gasteiger partial charge in [0.25, 0.3) is 0 Å². The third-order valence-corrected chi connectivity index (χ3v) is 3.90. The van der Waals surface area contributed by atoms with Gasteiger partial charge in [-0.05, 0) is 42.2 Å². The van der Waals surface area contributed by atoms with Crippen LogP contribution in [0, 0.1) is 13.8 Å². The summed E-state index contributed by atoms with van der Waals surface area (Å²) in [7, 11) is 1.57. The lowest BCUT2D eigenvalue weighted by Crippen LogP contribution is -2.29. The normalized spacial score (nSPS) is 11.8. The fourth-order valence-corrected chi connectivity index (χ4v) is 2.52. The Labute approximate surface area is 137 Å². The van der Waals surface area contributed by atoms with Crippen LogP contribution in [0.15, 0.2) is 42.5 Å². The highest BCUT2D eigenvalue weighted by Gasteiger charge is 2.21. The number of aliphatic hydroxyl groups is 1. The van der Waals surface area contributed by atoms with Crippen molar-refractivity contribution in [2.24, 2.45) is 0 Å². The van der Waals surface area contributed by atoms with Crippen LogP contribution < -0.4 is 10.1 Å². The molecular formula is C19H23NO3. The first-order valence-electron chi connectivity index (χ1n) is 7.67. The third kappa shape index (κ3) is 4.11. The Balaban J connectivity index is 2.23. The molecule has 2 aromatic carbocycles. The molecule has 4 nitrogen and oxygen atoms in total. The lowest BCUT2D eigenvalue weighted by atomic mass is 9.94. The van der Waals surface area contributed by atoms with Crippen molar-refractivity contribution in [3.63, 3.8) is 0 Å². The van der Waals surface area contributed by atoms with Crippen molar-refractivity contribution in [1.82, 2.24) is 5.32 Å². The number of nitrogens with one attached hydrogen (secondary N) is 1. The SMILES string of the molecule is CNC(=O)[C@H](CO)c1ccccc1COc1cc(C)ccc1C. The second-order valence-electron chi connectivity index (χ2n) is 5.61. The second kappa shape index (κ2) is 7.79. The number of carbonyl (C=O) groups is 1. The summed E-state index contributed by atoms with van der Waals surface area (Å²) >= 11 is 0. The van der Waals surface area contributed by atoms with Gasteiger partial charge in [0.15, 0.2) is 0 Å². The molecule has 0 aliphatic carbocycles. The number of benzene rings is 2. The molecule has 0 unspecified atom stereocenters. The Hall–Kier alpha value is -2.33. The van der Waals surface area contributed by atoms with Crippen molar-refractivity contribution in [2.45, 2.75) is 26.4 Å². The number of hydrogen-bond acceptors (Lipinski definition) is 3. The molecule has 0 aliphatic rings. The molecule has 0 radical (unpaired) electrons. The Morgan fingerprint density at radius 1 is 1.22 bits per heavy atom. The number of hydrogen-bond donors (Lipinski definition) is 2. The van der Waals surface area contributed by atoms with E-state index in [4.69, 9.17) is 4.74 Å². The summed E-state index contributed by atoms with van der Waals surface area (Å²) in [5.74, 6) is 0.0467. The van der Waals surface area contributed by atoms with Crippen LogP contribution in [-0.4, -0.2) is 24.7 Å². The van der Waals surface area contributed by atoms with E-state index in [1.165, 1.54) is 0 Å². The summed E-state index contributed by atoms with van der Waals surface area (Å²) in [6.45, 7) is 4.14. The predicted molar refractivity (Wildman–Crippen MR) is 90.6 cm³/mol. The van der Waals surface area contributed by atoms with Crippen LogP contribution in [0.4, 0.5) is 0 Å². The molecule has 0 heterocycles. The summed E-state index contributed by atoms with van der Waals surface area (Å²) in [5.41, 5.74) is 3.89. The van der Waals surface area contributed by atoms with Crippen LogP contribution in [-0.2, 0) is 11.4 Å². The van der Waals surface area contributed by atoms with Crippen molar-refractivity contribution < 1.29 is 14.6 Å². The molecule has 0 aromatic heterocycles. The third-order valence-electron chi connectivity index (χ3n) is 3.90. The first kappa shape index (κ1) is 17.0. The van der Waals surface area contributed by atoms with Crippen molar-refractivity contribution in [3.8, 4) is 5.75 Å². The van der Waals surface area contributed by atoms with Crippen LogP contribution in [0.5, 0.6) is 5.75 Å². The number of carbonyl (C=O) groups excluding carboxylic acids is 1. The maximum Gasteiger partial charge on any atom is 0.229 e. The van der Waals surface area contributed by atoms with E-state index < -0.39 is 5.92 Å². The zero-order valence-corrected chi connectivity index (χ0v) is 13.8. The van der Waals surface area contributed by atoms with E-state index in [1.54, 1.807) is 7.05 Å². The predicted octanol–water partition coefficient (Wildman–Crippen LogP) is 2.70. The average Bonchev–Trinajstić information content (AvgIpc) is 2.57. The summed E-state index contributed by atoms with van der Waals surface area (Å²) in [6, 6.07) is 13.6. The maximum absolute atomic E-state index is 12.0. The van der Waals surface area contributed by atoms with Crippen molar-refractivity contribution in [1.29, 1.82) is 0 Å². The summed E-state index contributed by atoms with van der Waals surface area (Å²) < 4.78 is 5.94. The van der Waals surface area contributed by atoms with Gasteiger partial charge >= 0.3 is 0 Å². The number of ether oxygens (including phenoxy) is 1. The second-order valence-corrected chi connectivity index (χ2v) is 5.61. The van der Waals surface area contributed by atoms with Crippen LogP contribution in [0.2, 0.25) is 0 Å². The number of amides is 1. The van der Waals surface area contributed by atoms with E-state index >= 15 is 0 Å². The van der Waals surface area contributed by atoms with Gasteiger partial charge in [-0.1, -0.05) is 36.4 Å². The number of likely N-dealkylation sites (N-methyl/N-ethyl adjacent to an activating group) is 1. The molecular weight excluding hydrogens is 290 g/mol. The smallest absolute Gasteiger partial charge is 0.229 e. The molecule has 0 fully saturated rings. The standard InChI is InChI=1S/C19H23NO3/c1-13-8-9-14(2)18(10-13)23-12-15-6-4-5-7-16(15)17(11-21)19(22)20-3/h4-10,17,21H,11-12H2,1-3H3,(H,20,22)/t17-/m1/s1. The molecule has 23 heavy (non-hydrogen) atoms. The number of aryl methyl sites for hydroxylation is 2. The number of rotatable bonds is 6. The topological polar surface area (TPSA) is 58.6 Å². The zero-order chi connectivity index (χ0) is 16.8. The van der Waals surface area contributed by atoms with Gasteiger partial charge in [0, 0.05) is 7.05 Å². The minimum atomic E-state index is -0.585. The average molecular weight is 313 g/mol. The van der Waals surface area contributed by atoms with Crippen molar-refractivity contribution in [3.05, 3.63) is 64.7 Å². The molecule has 0 spiro atoms. The molecule has 1 atom stereocenters. The van der Waals surface area contributed by atoms with Gasteiger partial charge in [0.05, 0.1) is 12.5 Å². The molecule has 0 bridgehead atoms. The molecule has 2 rings (SSSR count). The highest BCUT2D eigenvalue weighted by molar-refractivity contribution is 5.83. The minimum absolute atomic E-state index is 0.202. The first-order chi connectivity index (χ1) is 11.1.